The van der Waals surface area contributed by atoms with Crippen LogP contribution >= 0.6 is 0 Å². The molecule has 0 fully saturated rings. The van der Waals surface area contributed by atoms with E-state index in [1.165, 1.54) is 16.8 Å². The van der Waals surface area contributed by atoms with Gasteiger partial charge in [-0.1, -0.05) is 36.4 Å². The van der Waals surface area contributed by atoms with Crippen molar-refractivity contribution in [2.24, 2.45) is 5.92 Å². The van der Waals surface area contributed by atoms with Crippen LogP contribution in [0.15, 0.2) is 48.5 Å². The zero-order valence-corrected chi connectivity index (χ0v) is 12.0. The van der Waals surface area contributed by atoms with E-state index in [0.717, 1.165) is 18.4 Å². The molecular formula is C18H19NO. The van der Waals surface area contributed by atoms with E-state index >= 15 is 0 Å². The van der Waals surface area contributed by atoms with E-state index in [2.05, 4.69) is 35.2 Å². The first-order chi connectivity index (χ1) is 9.65. The minimum atomic E-state index is 0.109. The lowest BCUT2D eigenvalue weighted by molar-refractivity contribution is 0.0936. The average Bonchev–Trinajstić information content (AvgIpc) is 2.77. The highest BCUT2D eigenvalue weighted by Crippen LogP contribution is 2.29. The Hall–Kier alpha value is -2.09. The van der Waals surface area contributed by atoms with Crippen molar-refractivity contribution in [3.05, 3.63) is 65.2 Å². The zero-order chi connectivity index (χ0) is 14.1. The number of Topliss-reactive ketones (excluding diaryl/α,β-unsaturated/α-hetero) is 1. The van der Waals surface area contributed by atoms with Gasteiger partial charge >= 0.3 is 0 Å². The van der Waals surface area contributed by atoms with Crippen LogP contribution in [0.3, 0.4) is 0 Å². The van der Waals surface area contributed by atoms with Gasteiger partial charge < -0.3 is 4.90 Å². The monoisotopic (exact) mass is 265 g/mol. The van der Waals surface area contributed by atoms with Crippen LogP contribution in [-0.2, 0) is 12.8 Å². The fourth-order valence-corrected chi connectivity index (χ4v) is 2.90. The Morgan fingerprint density at radius 3 is 2.40 bits per heavy atom. The molecule has 0 saturated carbocycles. The Morgan fingerprint density at radius 1 is 1.05 bits per heavy atom. The lowest BCUT2D eigenvalue weighted by atomic mass is 9.95. The van der Waals surface area contributed by atoms with Crippen LogP contribution in [0.1, 0.15) is 21.5 Å². The van der Waals surface area contributed by atoms with Crippen molar-refractivity contribution in [3.63, 3.8) is 0 Å². The van der Waals surface area contributed by atoms with Gasteiger partial charge in [-0.15, -0.1) is 0 Å². The average molecular weight is 265 g/mol. The third kappa shape index (κ3) is 2.34. The second-order valence-electron chi connectivity index (χ2n) is 5.69. The smallest absolute Gasteiger partial charge is 0.166 e. The van der Waals surface area contributed by atoms with E-state index in [4.69, 9.17) is 0 Å². The molecule has 0 N–H and O–H groups in total. The first kappa shape index (κ1) is 12.9. The van der Waals surface area contributed by atoms with Gasteiger partial charge in [-0.3, -0.25) is 4.79 Å². The highest BCUT2D eigenvalue weighted by Gasteiger charge is 2.29. The molecule has 1 aliphatic carbocycles. The minimum absolute atomic E-state index is 0.109. The summed E-state index contributed by atoms with van der Waals surface area (Å²) in [4.78, 5) is 14.5. The van der Waals surface area contributed by atoms with Gasteiger partial charge in [0, 0.05) is 31.3 Å². The molecule has 102 valence electrons. The zero-order valence-electron chi connectivity index (χ0n) is 12.0. The molecule has 20 heavy (non-hydrogen) atoms. The number of carbonyl (C=O) groups excluding carboxylic acids is 1. The highest BCUT2D eigenvalue weighted by atomic mass is 16.1. The molecule has 2 aromatic carbocycles. The van der Waals surface area contributed by atoms with Crippen LogP contribution in [0.2, 0.25) is 0 Å². The van der Waals surface area contributed by atoms with Crippen LogP contribution in [0.5, 0.6) is 0 Å². The number of carbonyl (C=O) groups is 1. The number of nitrogens with zero attached hydrogens (tertiary/aromatic N) is 1. The van der Waals surface area contributed by atoms with Crippen LogP contribution in [-0.4, -0.2) is 19.9 Å². The standard InChI is InChI=1S/C18H19NO/c1-19(2)16-9-7-13(8-10-16)11-15-12-14-5-3-4-6-17(14)18(15)20/h3-10,15H,11-12H2,1-2H3/t15-/m0/s1. The van der Waals surface area contributed by atoms with Gasteiger partial charge in [-0.25, -0.2) is 0 Å². The fraction of sp³-hybridized carbons (Fsp3) is 0.278. The van der Waals surface area contributed by atoms with Gasteiger partial charge in [0.05, 0.1) is 0 Å². The van der Waals surface area contributed by atoms with Crippen molar-refractivity contribution in [3.8, 4) is 0 Å². The molecule has 1 atom stereocenters. The Bertz CT molecular complexity index is 628. The number of hydrogen-bond donors (Lipinski definition) is 0. The van der Waals surface area contributed by atoms with Gasteiger partial charge in [-0.2, -0.15) is 0 Å². The van der Waals surface area contributed by atoms with Crippen LogP contribution in [0.25, 0.3) is 0 Å². The molecule has 2 heteroatoms. The molecule has 0 radical (unpaired) electrons. The summed E-state index contributed by atoms with van der Waals surface area (Å²) in [6.07, 6.45) is 1.71. The van der Waals surface area contributed by atoms with E-state index in [1.807, 2.05) is 32.3 Å². The number of fused-ring (bicyclic) bond motifs is 1. The SMILES string of the molecule is CN(C)c1ccc(C[C@H]2Cc3ccccc3C2=O)cc1. The van der Waals surface area contributed by atoms with Crippen molar-refractivity contribution < 1.29 is 4.79 Å². The number of anilines is 1. The van der Waals surface area contributed by atoms with Crippen molar-refractivity contribution in [2.75, 3.05) is 19.0 Å². The highest BCUT2D eigenvalue weighted by molar-refractivity contribution is 6.02. The summed E-state index contributed by atoms with van der Waals surface area (Å²) in [6.45, 7) is 0. The molecule has 0 heterocycles. The Morgan fingerprint density at radius 2 is 1.75 bits per heavy atom. The molecule has 2 nitrogen and oxygen atoms in total. The van der Waals surface area contributed by atoms with E-state index < -0.39 is 0 Å². The van der Waals surface area contributed by atoms with Crippen molar-refractivity contribution >= 4 is 11.5 Å². The fourth-order valence-electron chi connectivity index (χ4n) is 2.90. The Labute approximate surface area is 120 Å². The van der Waals surface area contributed by atoms with E-state index in [9.17, 15) is 4.79 Å². The molecule has 0 unspecified atom stereocenters. The number of ketones is 1. The molecule has 2 aromatic rings. The lowest BCUT2D eigenvalue weighted by Gasteiger charge is -2.13. The molecule has 0 saturated heterocycles. The maximum Gasteiger partial charge on any atom is 0.166 e. The summed E-state index contributed by atoms with van der Waals surface area (Å²) in [6, 6.07) is 16.5. The summed E-state index contributed by atoms with van der Waals surface area (Å²) in [5.74, 6) is 0.412. The predicted octanol–water partition coefficient (Wildman–Crippen LogP) is 3.35. The van der Waals surface area contributed by atoms with Crippen molar-refractivity contribution in [1.82, 2.24) is 0 Å². The van der Waals surface area contributed by atoms with E-state index in [-0.39, 0.29) is 5.92 Å². The van der Waals surface area contributed by atoms with Gasteiger partial charge in [0.15, 0.2) is 5.78 Å². The van der Waals surface area contributed by atoms with Gasteiger partial charge in [-0.05, 0) is 36.1 Å². The molecule has 0 bridgehead atoms. The van der Waals surface area contributed by atoms with Crippen LogP contribution < -0.4 is 4.90 Å². The van der Waals surface area contributed by atoms with Crippen LogP contribution in [0.4, 0.5) is 5.69 Å². The number of benzene rings is 2. The first-order valence-electron chi connectivity index (χ1n) is 7.03. The Kier molecular flexibility index (Phi) is 3.31. The molecule has 3 rings (SSSR count). The molecule has 0 spiro atoms. The molecule has 1 aliphatic rings. The normalized spacial score (nSPS) is 17.1. The number of hydrogen-bond acceptors (Lipinski definition) is 2. The summed E-state index contributed by atoms with van der Waals surface area (Å²) in [5.41, 5.74) is 4.55. The molecule has 0 aliphatic heterocycles. The van der Waals surface area contributed by atoms with Gasteiger partial charge in [0.2, 0.25) is 0 Å². The molecule has 0 amide bonds. The number of rotatable bonds is 3. The molecule has 0 aromatic heterocycles. The topological polar surface area (TPSA) is 20.3 Å². The van der Waals surface area contributed by atoms with Crippen molar-refractivity contribution in [1.29, 1.82) is 0 Å². The third-order valence-electron chi connectivity index (χ3n) is 4.05. The quantitative estimate of drug-likeness (QED) is 0.848. The minimum Gasteiger partial charge on any atom is -0.378 e. The van der Waals surface area contributed by atoms with Gasteiger partial charge in [0.1, 0.15) is 0 Å². The van der Waals surface area contributed by atoms with Crippen LogP contribution in [0, 0.1) is 5.92 Å². The largest absolute Gasteiger partial charge is 0.378 e. The van der Waals surface area contributed by atoms with Gasteiger partial charge in [0.25, 0.3) is 0 Å². The first-order valence-corrected chi connectivity index (χ1v) is 7.03. The third-order valence-corrected chi connectivity index (χ3v) is 4.05. The second-order valence-corrected chi connectivity index (χ2v) is 5.69. The summed E-state index contributed by atoms with van der Waals surface area (Å²) < 4.78 is 0. The predicted molar refractivity (Wildman–Crippen MR) is 82.4 cm³/mol. The summed E-state index contributed by atoms with van der Waals surface area (Å²) in [5, 5.41) is 0. The maximum atomic E-state index is 12.4. The van der Waals surface area contributed by atoms with Crippen molar-refractivity contribution in [2.45, 2.75) is 12.8 Å². The second kappa shape index (κ2) is 5.12. The lowest BCUT2D eigenvalue weighted by Crippen LogP contribution is -2.12. The van der Waals surface area contributed by atoms with E-state index in [0.29, 0.717) is 5.78 Å². The maximum absolute atomic E-state index is 12.4. The summed E-state index contributed by atoms with van der Waals surface area (Å²) >= 11 is 0. The molecular weight excluding hydrogens is 246 g/mol. The Balaban J connectivity index is 1.75. The summed E-state index contributed by atoms with van der Waals surface area (Å²) in [7, 11) is 4.07. The van der Waals surface area contributed by atoms with E-state index in [1.54, 1.807) is 0 Å².